The van der Waals surface area contributed by atoms with Crippen molar-refractivity contribution >= 4 is 15.9 Å². The molecular weight excluding hydrogens is 412 g/mol. The van der Waals surface area contributed by atoms with Crippen LogP contribution in [-0.2, 0) is 21.2 Å². The zero-order valence-electron chi connectivity index (χ0n) is 16.9. The molecule has 8 heteroatoms. The maximum atomic E-state index is 12.8. The zero-order valence-corrected chi connectivity index (χ0v) is 17.7. The molecule has 0 radical (unpaired) electrons. The molecule has 31 heavy (non-hydrogen) atoms. The highest BCUT2D eigenvalue weighted by molar-refractivity contribution is 7.89. The lowest BCUT2D eigenvalue weighted by atomic mass is 10.1. The molecule has 0 bridgehead atoms. The maximum Gasteiger partial charge on any atom is 0.243 e. The minimum Gasteiger partial charge on any atom is -0.340 e. The van der Waals surface area contributed by atoms with Crippen molar-refractivity contribution in [3.63, 3.8) is 0 Å². The van der Waals surface area contributed by atoms with Crippen molar-refractivity contribution in [1.82, 2.24) is 13.8 Å². The predicted molar refractivity (Wildman–Crippen MR) is 116 cm³/mol. The van der Waals surface area contributed by atoms with Gasteiger partial charge in [0.25, 0.3) is 0 Å². The molecule has 1 saturated heterocycles. The van der Waals surface area contributed by atoms with E-state index in [1.165, 1.54) is 28.6 Å². The lowest BCUT2D eigenvalue weighted by molar-refractivity contribution is -0.131. The van der Waals surface area contributed by atoms with Crippen molar-refractivity contribution in [2.45, 2.75) is 11.3 Å². The van der Waals surface area contributed by atoms with Crippen LogP contribution in [0, 0.1) is 11.3 Å². The Balaban J connectivity index is 1.34. The highest BCUT2D eigenvalue weighted by atomic mass is 32.2. The minimum absolute atomic E-state index is 0.0101. The Kier molecular flexibility index (Phi) is 5.89. The molecule has 3 aromatic rings. The Bertz CT molecular complexity index is 1190. The van der Waals surface area contributed by atoms with Crippen LogP contribution >= 0.6 is 0 Å². The van der Waals surface area contributed by atoms with E-state index in [0.717, 1.165) is 11.3 Å². The average Bonchev–Trinajstić information content (AvgIpc) is 3.35. The van der Waals surface area contributed by atoms with Gasteiger partial charge in [-0.2, -0.15) is 9.57 Å². The lowest BCUT2D eigenvalue weighted by Crippen LogP contribution is -2.50. The second-order valence-electron chi connectivity index (χ2n) is 7.35. The number of carbonyl (C=O) groups is 1. The van der Waals surface area contributed by atoms with E-state index in [9.17, 15) is 13.2 Å². The first kappa shape index (κ1) is 20.8. The number of nitrogens with zero attached hydrogens (tertiary/aromatic N) is 4. The molecule has 4 rings (SSSR count). The van der Waals surface area contributed by atoms with Crippen LogP contribution in [0.5, 0.6) is 0 Å². The van der Waals surface area contributed by atoms with E-state index in [-0.39, 0.29) is 30.3 Å². The molecule has 1 fully saturated rings. The van der Waals surface area contributed by atoms with Gasteiger partial charge in [0.15, 0.2) is 0 Å². The van der Waals surface area contributed by atoms with Gasteiger partial charge >= 0.3 is 0 Å². The molecule has 1 aliphatic rings. The van der Waals surface area contributed by atoms with Crippen LogP contribution < -0.4 is 0 Å². The molecule has 2 aromatic carbocycles. The van der Waals surface area contributed by atoms with E-state index in [1.807, 2.05) is 59.4 Å². The molecule has 0 unspecified atom stereocenters. The molecular formula is C23H22N4O3S. The minimum atomic E-state index is -3.64. The maximum absolute atomic E-state index is 12.8. The second kappa shape index (κ2) is 8.76. The average molecular weight is 435 g/mol. The van der Waals surface area contributed by atoms with E-state index in [1.54, 1.807) is 4.90 Å². The molecule has 1 amide bonds. The number of sulfonamides is 1. The van der Waals surface area contributed by atoms with E-state index in [4.69, 9.17) is 5.26 Å². The Labute approximate surface area is 181 Å². The van der Waals surface area contributed by atoms with Gasteiger partial charge in [0.05, 0.1) is 22.9 Å². The standard InChI is InChI=1S/C23H22N4O3S/c24-18-20-5-9-22(10-6-20)31(29,30)27-15-13-26(14-16-27)23(28)17-19-3-7-21(8-4-19)25-11-1-2-12-25/h1-12H,13-17H2. The molecule has 158 valence electrons. The number of rotatable bonds is 5. The Morgan fingerprint density at radius 2 is 1.52 bits per heavy atom. The summed E-state index contributed by atoms with van der Waals surface area (Å²) in [7, 11) is -3.64. The first-order valence-electron chi connectivity index (χ1n) is 9.98. The lowest BCUT2D eigenvalue weighted by Gasteiger charge is -2.34. The monoisotopic (exact) mass is 434 g/mol. The smallest absolute Gasteiger partial charge is 0.243 e. The third-order valence-corrected chi connectivity index (χ3v) is 7.32. The summed E-state index contributed by atoms with van der Waals surface area (Å²) in [5.41, 5.74) is 2.37. The van der Waals surface area contributed by atoms with Crippen LogP contribution in [0.3, 0.4) is 0 Å². The van der Waals surface area contributed by atoms with Gasteiger partial charge in [-0.3, -0.25) is 4.79 Å². The van der Waals surface area contributed by atoms with Gasteiger partial charge in [-0.1, -0.05) is 12.1 Å². The quantitative estimate of drug-likeness (QED) is 0.617. The fraction of sp³-hybridized carbons (Fsp3) is 0.217. The van der Waals surface area contributed by atoms with Crippen molar-refractivity contribution in [3.05, 3.63) is 84.2 Å². The topological polar surface area (TPSA) is 86.4 Å². The Hall–Kier alpha value is -3.41. The number of carbonyl (C=O) groups excluding carboxylic acids is 1. The first-order chi connectivity index (χ1) is 15.0. The largest absolute Gasteiger partial charge is 0.340 e. The van der Waals surface area contributed by atoms with Gasteiger partial charge < -0.3 is 9.47 Å². The van der Waals surface area contributed by atoms with Crippen LogP contribution in [0.1, 0.15) is 11.1 Å². The van der Waals surface area contributed by atoms with Crippen LogP contribution in [0.25, 0.3) is 5.69 Å². The number of nitriles is 1. The molecule has 1 aromatic heterocycles. The van der Waals surface area contributed by atoms with E-state index >= 15 is 0 Å². The van der Waals surface area contributed by atoms with Crippen LogP contribution in [0.15, 0.2) is 78.0 Å². The number of hydrogen-bond acceptors (Lipinski definition) is 4. The van der Waals surface area contributed by atoms with Crippen molar-refractivity contribution < 1.29 is 13.2 Å². The van der Waals surface area contributed by atoms with Crippen molar-refractivity contribution in [2.24, 2.45) is 0 Å². The van der Waals surface area contributed by atoms with Crippen molar-refractivity contribution in [2.75, 3.05) is 26.2 Å². The number of benzene rings is 2. The summed E-state index contributed by atoms with van der Waals surface area (Å²) in [6.45, 7) is 1.22. The number of amides is 1. The van der Waals surface area contributed by atoms with Gasteiger partial charge in [-0.15, -0.1) is 0 Å². The first-order valence-corrected chi connectivity index (χ1v) is 11.4. The third kappa shape index (κ3) is 4.53. The summed E-state index contributed by atoms with van der Waals surface area (Å²) in [4.78, 5) is 14.6. The summed E-state index contributed by atoms with van der Waals surface area (Å²) >= 11 is 0. The van der Waals surface area contributed by atoms with Crippen LogP contribution in [0.2, 0.25) is 0 Å². The number of hydrogen-bond donors (Lipinski definition) is 0. The summed E-state index contributed by atoms with van der Waals surface area (Å²) in [6.07, 6.45) is 4.21. The number of aromatic nitrogens is 1. The highest BCUT2D eigenvalue weighted by Gasteiger charge is 2.30. The summed E-state index contributed by atoms with van der Waals surface area (Å²) in [6, 6.07) is 19.6. The SMILES string of the molecule is N#Cc1ccc(S(=O)(=O)N2CCN(C(=O)Cc3ccc(-n4cccc4)cc3)CC2)cc1. The van der Waals surface area contributed by atoms with Gasteiger partial charge in [0, 0.05) is 44.3 Å². The molecule has 0 spiro atoms. The van der Waals surface area contributed by atoms with Crippen LogP contribution in [-0.4, -0.2) is 54.3 Å². The fourth-order valence-corrected chi connectivity index (χ4v) is 5.03. The van der Waals surface area contributed by atoms with Gasteiger partial charge in [-0.05, 0) is 54.1 Å². The molecule has 7 nitrogen and oxygen atoms in total. The molecule has 1 aliphatic heterocycles. The van der Waals surface area contributed by atoms with Gasteiger partial charge in [-0.25, -0.2) is 8.42 Å². The molecule has 0 saturated carbocycles. The highest BCUT2D eigenvalue weighted by Crippen LogP contribution is 2.19. The summed E-state index contributed by atoms with van der Waals surface area (Å²) in [5, 5.41) is 8.88. The second-order valence-corrected chi connectivity index (χ2v) is 9.29. The van der Waals surface area contributed by atoms with Gasteiger partial charge in [0.1, 0.15) is 0 Å². The van der Waals surface area contributed by atoms with E-state index in [0.29, 0.717) is 18.7 Å². The normalized spacial score (nSPS) is 14.9. The third-order valence-electron chi connectivity index (χ3n) is 5.41. The van der Waals surface area contributed by atoms with Gasteiger partial charge in [0.2, 0.25) is 15.9 Å². The molecule has 2 heterocycles. The summed E-state index contributed by atoms with van der Waals surface area (Å²) in [5.74, 6) is -0.0101. The molecule has 0 atom stereocenters. The Morgan fingerprint density at radius 3 is 2.10 bits per heavy atom. The van der Waals surface area contributed by atoms with E-state index in [2.05, 4.69) is 0 Å². The van der Waals surface area contributed by atoms with Crippen molar-refractivity contribution in [1.29, 1.82) is 5.26 Å². The Morgan fingerprint density at radius 1 is 0.903 bits per heavy atom. The zero-order chi connectivity index (χ0) is 21.8. The molecule has 0 aliphatic carbocycles. The summed E-state index contributed by atoms with van der Waals surface area (Å²) < 4.78 is 29.0. The predicted octanol–water partition coefficient (Wildman–Crippen LogP) is 2.42. The fourth-order valence-electron chi connectivity index (χ4n) is 3.61. The number of piperazine rings is 1. The molecule has 0 N–H and O–H groups in total. The van der Waals surface area contributed by atoms with Crippen LogP contribution in [0.4, 0.5) is 0 Å². The van der Waals surface area contributed by atoms with E-state index < -0.39 is 10.0 Å². The van der Waals surface area contributed by atoms with Crippen molar-refractivity contribution in [3.8, 4) is 11.8 Å².